The number of ether oxygens (including phenoxy) is 1. The van der Waals surface area contributed by atoms with E-state index in [1.165, 1.54) is 27.8 Å². The van der Waals surface area contributed by atoms with E-state index < -0.39 is 11.0 Å². The number of hydrogen-bond donors (Lipinski definition) is 1. The lowest BCUT2D eigenvalue weighted by atomic mass is 10.1. The summed E-state index contributed by atoms with van der Waals surface area (Å²) in [6.45, 7) is 5.32. The summed E-state index contributed by atoms with van der Waals surface area (Å²) >= 11 is 1.80. The van der Waals surface area contributed by atoms with Crippen molar-refractivity contribution in [3.05, 3.63) is 69.6 Å². The number of nitro benzene ring substituents is 1. The van der Waals surface area contributed by atoms with E-state index in [4.69, 9.17) is 4.74 Å². The first-order chi connectivity index (χ1) is 14.6. The fourth-order valence-electron chi connectivity index (χ4n) is 3.76. The van der Waals surface area contributed by atoms with Crippen molar-refractivity contribution >= 4 is 27.1 Å². The zero-order valence-electron chi connectivity index (χ0n) is 16.6. The van der Waals surface area contributed by atoms with Crippen molar-refractivity contribution in [1.29, 1.82) is 0 Å². The van der Waals surface area contributed by atoms with Crippen molar-refractivity contribution in [2.45, 2.75) is 12.6 Å². The van der Waals surface area contributed by atoms with Crippen LogP contribution in [0.4, 0.5) is 5.69 Å². The minimum Gasteiger partial charge on any atom is -0.491 e. The molecule has 0 radical (unpaired) electrons. The number of non-ortho nitro benzene ring substituents is 1. The van der Waals surface area contributed by atoms with Crippen molar-refractivity contribution in [2.24, 2.45) is 0 Å². The molecular weight excluding hydrogens is 402 g/mol. The molecule has 1 atom stereocenters. The molecule has 8 heteroatoms. The second kappa shape index (κ2) is 9.53. The molecule has 2 heterocycles. The van der Waals surface area contributed by atoms with Gasteiger partial charge in [-0.2, -0.15) is 0 Å². The van der Waals surface area contributed by atoms with Crippen LogP contribution in [0.15, 0.2) is 53.9 Å². The van der Waals surface area contributed by atoms with Gasteiger partial charge in [0, 0.05) is 50.0 Å². The second-order valence-electron chi connectivity index (χ2n) is 7.55. The Kier molecular flexibility index (Phi) is 6.59. The summed E-state index contributed by atoms with van der Waals surface area (Å²) in [4.78, 5) is 15.1. The molecule has 1 aliphatic heterocycles. The van der Waals surface area contributed by atoms with Gasteiger partial charge in [0.2, 0.25) is 0 Å². The maximum Gasteiger partial charge on any atom is 0.273 e. The van der Waals surface area contributed by atoms with Crippen molar-refractivity contribution in [3.63, 3.8) is 0 Å². The van der Waals surface area contributed by atoms with E-state index in [1.54, 1.807) is 23.5 Å². The molecule has 1 aliphatic rings. The number of benzene rings is 2. The first-order valence-electron chi connectivity index (χ1n) is 10.0. The summed E-state index contributed by atoms with van der Waals surface area (Å²) < 4.78 is 6.87. The first kappa shape index (κ1) is 20.7. The SMILES string of the molecule is O=[N+]([O-])c1cccc(OCC(O)CN2CCN(Cc3csc4ccccc34)CC2)c1. The molecule has 30 heavy (non-hydrogen) atoms. The van der Waals surface area contributed by atoms with Gasteiger partial charge < -0.3 is 9.84 Å². The molecule has 4 rings (SSSR count). The summed E-state index contributed by atoms with van der Waals surface area (Å²) in [5.41, 5.74) is 1.37. The molecular formula is C22H25N3O4S. The van der Waals surface area contributed by atoms with Gasteiger partial charge in [0.1, 0.15) is 18.5 Å². The molecule has 1 saturated heterocycles. The molecule has 1 N–H and O–H groups in total. The van der Waals surface area contributed by atoms with E-state index in [1.807, 2.05) is 0 Å². The van der Waals surface area contributed by atoms with Gasteiger partial charge in [-0.3, -0.25) is 19.9 Å². The first-order valence-corrected chi connectivity index (χ1v) is 10.9. The summed E-state index contributed by atoms with van der Waals surface area (Å²) in [6.07, 6.45) is -0.642. The van der Waals surface area contributed by atoms with Gasteiger partial charge in [-0.1, -0.05) is 24.3 Å². The Bertz CT molecular complexity index is 1000. The molecule has 7 nitrogen and oxygen atoms in total. The third-order valence-electron chi connectivity index (χ3n) is 5.36. The van der Waals surface area contributed by atoms with E-state index in [0.717, 1.165) is 32.7 Å². The van der Waals surface area contributed by atoms with E-state index in [2.05, 4.69) is 39.4 Å². The average molecular weight is 428 g/mol. The molecule has 158 valence electrons. The molecule has 0 aliphatic carbocycles. The molecule has 0 saturated carbocycles. The Labute approximate surface area is 179 Å². The number of thiophene rings is 1. The molecule has 0 bridgehead atoms. The predicted octanol–water partition coefficient (Wildman–Crippen LogP) is 3.37. The number of piperazine rings is 1. The van der Waals surface area contributed by atoms with Crippen LogP contribution in [0.2, 0.25) is 0 Å². The number of aliphatic hydroxyl groups excluding tert-OH is 1. The summed E-state index contributed by atoms with van der Waals surface area (Å²) in [5.74, 6) is 0.399. The number of fused-ring (bicyclic) bond motifs is 1. The number of nitro groups is 1. The lowest BCUT2D eigenvalue weighted by Crippen LogP contribution is -2.48. The molecule has 0 spiro atoms. The third kappa shape index (κ3) is 5.14. The van der Waals surface area contributed by atoms with E-state index in [9.17, 15) is 15.2 Å². The van der Waals surface area contributed by atoms with Gasteiger partial charge >= 0.3 is 0 Å². The lowest BCUT2D eigenvalue weighted by Gasteiger charge is -2.35. The number of aliphatic hydroxyl groups is 1. The highest BCUT2D eigenvalue weighted by molar-refractivity contribution is 7.17. The molecule has 2 aromatic carbocycles. The van der Waals surface area contributed by atoms with Gasteiger partial charge in [-0.05, 0) is 28.5 Å². The average Bonchev–Trinajstić information content (AvgIpc) is 3.17. The predicted molar refractivity (Wildman–Crippen MR) is 118 cm³/mol. The quantitative estimate of drug-likeness (QED) is 0.439. The fraction of sp³-hybridized carbons (Fsp3) is 0.364. The molecule has 1 unspecified atom stereocenters. The van der Waals surface area contributed by atoms with Crippen molar-refractivity contribution in [1.82, 2.24) is 9.80 Å². The van der Waals surface area contributed by atoms with Crippen LogP contribution in [-0.2, 0) is 6.54 Å². The highest BCUT2D eigenvalue weighted by Gasteiger charge is 2.20. The van der Waals surface area contributed by atoms with Crippen LogP contribution in [0.5, 0.6) is 5.75 Å². The van der Waals surface area contributed by atoms with Crippen molar-refractivity contribution < 1.29 is 14.8 Å². The zero-order valence-corrected chi connectivity index (χ0v) is 17.5. The van der Waals surface area contributed by atoms with Gasteiger partial charge in [0.25, 0.3) is 5.69 Å². The number of β-amino-alcohol motifs (C(OH)–C–C–N with tert-alkyl or cyclic N) is 1. The zero-order chi connectivity index (χ0) is 20.9. The highest BCUT2D eigenvalue weighted by atomic mass is 32.1. The maximum absolute atomic E-state index is 10.8. The lowest BCUT2D eigenvalue weighted by molar-refractivity contribution is -0.384. The Hall–Kier alpha value is -2.52. The number of hydrogen-bond acceptors (Lipinski definition) is 7. The maximum atomic E-state index is 10.8. The van der Waals surface area contributed by atoms with Crippen LogP contribution >= 0.6 is 11.3 Å². The van der Waals surface area contributed by atoms with E-state index in [0.29, 0.717) is 12.3 Å². The van der Waals surface area contributed by atoms with Crippen LogP contribution < -0.4 is 4.74 Å². The van der Waals surface area contributed by atoms with Gasteiger partial charge in [-0.15, -0.1) is 11.3 Å². The highest BCUT2D eigenvalue weighted by Crippen LogP contribution is 2.27. The topological polar surface area (TPSA) is 79.1 Å². The van der Waals surface area contributed by atoms with Crippen LogP contribution in [-0.4, -0.2) is 65.3 Å². The minimum absolute atomic E-state index is 0.0171. The van der Waals surface area contributed by atoms with Crippen LogP contribution in [0.1, 0.15) is 5.56 Å². The Balaban J connectivity index is 1.21. The van der Waals surface area contributed by atoms with Crippen LogP contribution in [0.3, 0.4) is 0 Å². The molecule has 0 amide bonds. The smallest absolute Gasteiger partial charge is 0.273 e. The second-order valence-corrected chi connectivity index (χ2v) is 8.46. The summed E-state index contributed by atoms with van der Waals surface area (Å²) in [7, 11) is 0. The molecule has 1 fully saturated rings. The Morgan fingerprint density at radius 1 is 1.10 bits per heavy atom. The summed E-state index contributed by atoms with van der Waals surface area (Å²) in [5, 5.41) is 24.8. The Morgan fingerprint density at radius 2 is 1.87 bits per heavy atom. The molecule has 3 aromatic rings. The van der Waals surface area contributed by atoms with Gasteiger partial charge in [-0.25, -0.2) is 0 Å². The van der Waals surface area contributed by atoms with Gasteiger partial charge in [0.05, 0.1) is 11.0 Å². The van der Waals surface area contributed by atoms with Crippen LogP contribution in [0.25, 0.3) is 10.1 Å². The van der Waals surface area contributed by atoms with E-state index >= 15 is 0 Å². The van der Waals surface area contributed by atoms with Crippen LogP contribution in [0, 0.1) is 10.1 Å². The van der Waals surface area contributed by atoms with Crippen molar-refractivity contribution in [2.75, 3.05) is 39.3 Å². The fourth-order valence-corrected chi connectivity index (χ4v) is 4.71. The molecule has 1 aromatic heterocycles. The summed E-state index contributed by atoms with van der Waals surface area (Å²) in [6, 6.07) is 14.6. The number of nitrogens with zero attached hydrogens (tertiary/aromatic N) is 3. The third-order valence-corrected chi connectivity index (χ3v) is 6.37. The number of rotatable bonds is 8. The Morgan fingerprint density at radius 3 is 2.67 bits per heavy atom. The largest absolute Gasteiger partial charge is 0.491 e. The standard InChI is InChI=1S/C22H25N3O4S/c26-19(15-29-20-5-3-4-18(12-20)25(27)28)14-24-10-8-23(9-11-24)13-17-16-30-22-7-2-1-6-21(17)22/h1-7,12,16,19,26H,8-11,13-15H2. The minimum atomic E-state index is -0.642. The monoisotopic (exact) mass is 427 g/mol. The van der Waals surface area contributed by atoms with Crippen molar-refractivity contribution in [3.8, 4) is 5.75 Å². The normalized spacial score (nSPS) is 16.6. The van der Waals surface area contributed by atoms with E-state index in [-0.39, 0.29) is 12.3 Å². The van der Waals surface area contributed by atoms with Gasteiger partial charge in [0.15, 0.2) is 0 Å².